The van der Waals surface area contributed by atoms with Gasteiger partial charge in [0.25, 0.3) is 10.0 Å². The third-order valence-corrected chi connectivity index (χ3v) is 4.16. The van der Waals surface area contributed by atoms with Gasteiger partial charge >= 0.3 is 0 Å². The molecule has 0 unspecified atom stereocenters. The zero-order chi connectivity index (χ0) is 14.0. The second-order valence-electron chi connectivity index (χ2n) is 4.39. The number of hydrogen-bond acceptors (Lipinski definition) is 5. The number of aromatic nitrogens is 2. The maximum atomic E-state index is 12.0. The van der Waals surface area contributed by atoms with Gasteiger partial charge in [0, 0.05) is 12.7 Å². The summed E-state index contributed by atoms with van der Waals surface area (Å²) in [5, 5.41) is 18.1. The van der Waals surface area contributed by atoms with E-state index in [0.717, 1.165) is 0 Å². The Bertz CT molecular complexity index is 505. The van der Waals surface area contributed by atoms with Crippen molar-refractivity contribution in [1.29, 1.82) is 0 Å². The van der Waals surface area contributed by atoms with Crippen LogP contribution in [0.5, 0.6) is 0 Å². The Labute approximate surface area is 107 Å². The van der Waals surface area contributed by atoms with Gasteiger partial charge in [-0.05, 0) is 20.8 Å². The van der Waals surface area contributed by atoms with Gasteiger partial charge in [0.05, 0.1) is 18.8 Å². The average Bonchev–Trinajstić information content (AvgIpc) is 2.70. The standard InChI is InChI=1S/C10H19N3O4S/c1-4-13-5-9(11-8(13)2)18(16,17)12-10(3,6-14)7-15/h5,12,14-15H,4,6-7H2,1-3H3. The SMILES string of the molecule is CCn1cc(S(=O)(=O)NC(C)(CO)CO)nc1C. The van der Waals surface area contributed by atoms with Gasteiger partial charge in [-0.1, -0.05) is 0 Å². The molecule has 7 nitrogen and oxygen atoms in total. The number of nitrogens with one attached hydrogen (secondary N) is 1. The van der Waals surface area contributed by atoms with E-state index >= 15 is 0 Å². The summed E-state index contributed by atoms with van der Waals surface area (Å²) < 4.78 is 28.0. The quantitative estimate of drug-likeness (QED) is 0.633. The third-order valence-electron chi connectivity index (χ3n) is 2.65. The number of hydrogen-bond donors (Lipinski definition) is 3. The van der Waals surface area contributed by atoms with Crippen LogP contribution in [0.2, 0.25) is 0 Å². The maximum Gasteiger partial charge on any atom is 0.260 e. The molecule has 0 spiro atoms. The Kier molecular flexibility index (Phi) is 4.49. The molecular formula is C10H19N3O4S. The molecule has 0 amide bonds. The lowest BCUT2D eigenvalue weighted by molar-refractivity contribution is 0.121. The first kappa shape index (κ1) is 15.1. The predicted molar refractivity (Wildman–Crippen MR) is 65.5 cm³/mol. The van der Waals surface area contributed by atoms with Crippen LogP contribution in [0.1, 0.15) is 19.7 Å². The minimum atomic E-state index is -3.86. The Hall–Kier alpha value is -0.960. The number of imidazole rings is 1. The molecule has 0 saturated heterocycles. The Morgan fingerprint density at radius 1 is 1.44 bits per heavy atom. The molecule has 1 heterocycles. The first-order valence-corrected chi connectivity index (χ1v) is 7.06. The third kappa shape index (κ3) is 3.08. The van der Waals surface area contributed by atoms with Gasteiger partial charge in [-0.2, -0.15) is 4.72 Å². The second-order valence-corrected chi connectivity index (χ2v) is 6.02. The van der Waals surface area contributed by atoms with Crippen LogP contribution in [-0.2, 0) is 16.6 Å². The van der Waals surface area contributed by atoms with E-state index < -0.39 is 28.8 Å². The fourth-order valence-corrected chi connectivity index (χ4v) is 2.82. The lowest BCUT2D eigenvalue weighted by atomic mass is 10.1. The first-order valence-electron chi connectivity index (χ1n) is 5.57. The van der Waals surface area contributed by atoms with Crippen molar-refractivity contribution >= 4 is 10.0 Å². The van der Waals surface area contributed by atoms with E-state index in [9.17, 15) is 8.42 Å². The Balaban J connectivity index is 3.06. The highest BCUT2D eigenvalue weighted by atomic mass is 32.2. The molecule has 0 aliphatic carbocycles. The van der Waals surface area contributed by atoms with Crippen molar-refractivity contribution in [3.05, 3.63) is 12.0 Å². The number of sulfonamides is 1. The highest BCUT2D eigenvalue weighted by molar-refractivity contribution is 7.89. The summed E-state index contributed by atoms with van der Waals surface area (Å²) >= 11 is 0. The number of aliphatic hydroxyl groups excluding tert-OH is 2. The second kappa shape index (κ2) is 5.35. The molecular weight excluding hydrogens is 258 g/mol. The van der Waals surface area contributed by atoms with E-state index in [1.54, 1.807) is 11.5 Å². The zero-order valence-electron chi connectivity index (χ0n) is 10.7. The summed E-state index contributed by atoms with van der Waals surface area (Å²) in [5.41, 5.74) is -1.30. The lowest BCUT2D eigenvalue weighted by Crippen LogP contribution is -2.51. The fourth-order valence-electron chi connectivity index (χ4n) is 1.42. The van der Waals surface area contributed by atoms with Gasteiger partial charge in [-0.3, -0.25) is 0 Å². The summed E-state index contributed by atoms with van der Waals surface area (Å²) in [6.07, 6.45) is 1.42. The number of aliphatic hydroxyl groups is 2. The van der Waals surface area contributed by atoms with Gasteiger partial charge in [0.15, 0.2) is 5.03 Å². The molecule has 1 aromatic heterocycles. The molecule has 0 atom stereocenters. The summed E-state index contributed by atoms with van der Waals surface area (Å²) in [6.45, 7) is 4.61. The van der Waals surface area contributed by atoms with Crippen LogP contribution >= 0.6 is 0 Å². The highest BCUT2D eigenvalue weighted by Crippen LogP contribution is 2.13. The lowest BCUT2D eigenvalue weighted by Gasteiger charge is -2.25. The largest absolute Gasteiger partial charge is 0.394 e. The first-order chi connectivity index (χ1) is 8.28. The molecule has 0 fully saturated rings. The minimum Gasteiger partial charge on any atom is -0.394 e. The summed E-state index contributed by atoms with van der Waals surface area (Å²) in [6, 6.07) is 0. The summed E-state index contributed by atoms with van der Waals surface area (Å²) in [5.74, 6) is 0.590. The van der Waals surface area contributed by atoms with Crippen LogP contribution in [0.4, 0.5) is 0 Å². The molecule has 0 bridgehead atoms. The fraction of sp³-hybridized carbons (Fsp3) is 0.700. The van der Waals surface area contributed by atoms with E-state index in [2.05, 4.69) is 9.71 Å². The van der Waals surface area contributed by atoms with Crippen molar-refractivity contribution < 1.29 is 18.6 Å². The summed E-state index contributed by atoms with van der Waals surface area (Å²) in [7, 11) is -3.86. The van der Waals surface area contributed by atoms with Crippen molar-refractivity contribution in [2.24, 2.45) is 0 Å². The molecule has 8 heteroatoms. The van der Waals surface area contributed by atoms with Crippen molar-refractivity contribution in [1.82, 2.24) is 14.3 Å². The molecule has 0 aliphatic heterocycles. The van der Waals surface area contributed by atoms with Gasteiger partial charge in [0.1, 0.15) is 5.82 Å². The van der Waals surface area contributed by atoms with E-state index in [1.165, 1.54) is 13.1 Å². The van der Waals surface area contributed by atoms with E-state index in [0.29, 0.717) is 12.4 Å². The molecule has 0 saturated carbocycles. The predicted octanol–water partition coefficient (Wildman–Crippen LogP) is -0.767. The minimum absolute atomic E-state index is 0.116. The Morgan fingerprint density at radius 2 is 2.00 bits per heavy atom. The van der Waals surface area contributed by atoms with Gasteiger partial charge < -0.3 is 14.8 Å². The summed E-state index contributed by atoms with van der Waals surface area (Å²) in [4.78, 5) is 3.96. The molecule has 1 rings (SSSR count). The van der Waals surface area contributed by atoms with E-state index in [4.69, 9.17) is 10.2 Å². The molecule has 0 aliphatic rings. The normalized spacial score (nSPS) is 12.9. The molecule has 0 aromatic carbocycles. The number of nitrogens with zero attached hydrogens (tertiary/aromatic N) is 2. The Morgan fingerprint density at radius 3 is 2.39 bits per heavy atom. The van der Waals surface area contributed by atoms with E-state index in [1.807, 2.05) is 6.92 Å². The van der Waals surface area contributed by atoms with Crippen LogP contribution in [0.15, 0.2) is 11.2 Å². The molecule has 1 aromatic rings. The van der Waals surface area contributed by atoms with E-state index in [-0.39, 0.29) is 5.03 Å². The van der Waals surface area contributed by atoms with Gasteiger partial charge in [0.2, 0.25) is 0 Å². The maximum absolute atomic E-state index is 12.0. The van der Waals surface area contributed by atoms with Crippen molar-refractivity contribution in [3.8, 4) is 0 Å². The monoisotopic (exact) mass is 277 g/mol. The van der Waals surface area contributed by atoms with Gasteiger partial charge in [-0.15, -0.1) is 0 Å². The molecule has 3 N–H and O–H groups in total. The molecule has 104 valence electrons. The van der Waals surface area contributed by atoms with Crippen molar-refractivity contribution in [3.63, 3.8) is 0 Å². The van der Waals surface area contributed by atoms with Gasteiger partial charge in [-0.25, -0.2) is 13.4 Å². The molecule has 18 heavy (non-hydrogen) atoms. The molecule has 0 radical (unpaired) electrons. The number of rotatable bonds is 6. The van der Waals surface area contributed by atoms with Crippen LogP contribution < -0.4 is 4.72 Å². The van der Waals surface area contributed by atoms with Crippen LogP contribution in [0, 0.1) is 6.92 Å². The highest BCUT2D eigenvalue weighted by Gasteiger charge is 2.31. The average molecular weight is 277 g/mol. The van der Waals surface area contributed by atoms with Crippen LogP contribution in [0.3, 0.4) is 0 Å². The van der Waals surface area contributed by atoms with Crippen molar-refractivity contribution in [2.45, 2.75) is 37.9 Å². The topological polar surface area (TPSA) is 104 Å². The van der Waals surface area contributed by atoms with Crippen LogP contribution in [0.25, 0.3) is 0 Å². The zero-order valence-corrected chi connectivity index (χ0v) is 11.5. The number of aryl methyl sites for hydroxylation is 2. The van der Waals surface area contributed by atoms with Crippen molar-refractivity contribution in [2.75, 3.05) is 13.2 Å². The van der Waals surface area contributed by atoms with Crippen LogP contribution in [-0.4, -0.2) is 46.9 Å². The smallest absolute Gasteiger partial charge is 0.260 e.